The number of aliphatic hydroxyl groups is 2. The van der Waals surface area contributed by atoms with E-state index in [-0.39, 0.29) is 46.2 Å². The van der Waals surface area contributed by atoms with Gasteiger partial charge in [-0.05, 0) is 33.4 Å². The van der Waals surface area contributed by atoms with Crippen molar-refractivity contribution in [1.82, 2.24) is 0 Å². The van der Waals surface area contributed by atoms with Crippen molar-refractivity contribution in [3.63, 3.8) is 0 Å². The van der Waals surface area contributed by atoms with Crippen molar-refractivity contribution in [1.29, 1.82) is 0 Å². The highest BCUT2D eigenvalue weighted by Gasteiger charge is 2.51. The van der Waals surface area contributed by atoms with Gasteiger partial charge in [-0.1, -0.05) is 182 Å². The third kappa shape index (κ3) is 13.5. The number of benzene rings is 6. The molecule has 11 nitrogen and oxygen atoms in total. The number of hydrogen-bond donors (Lipinski definition) is 2. The normalized spacial score (nSPS) is 25.6. The second-order valence-electron chi connectivity index (χ2n) is 16.2. The van der Waals surface area contributed by atoms with Crippen LogP contribution in [0.4, 0.5) is 0 Å². The van der Waals surface area contributed by atoms with E-state index in [4.69, 9.17) is 42.6 Å². The van der Waals surface area contributed by atoms with Gasteiger partial charge in [0.15, 0.2) is 12.6 Å². The summed E-state index contributed by atoms with van der Waals surface area (Å²) in [7, 11) is 0. The minimum Gasteiger partial charge on any atom is -0.385 e. The van der Waals surface area contributed by atoms with E-state index in [0.717, 1.165) is 33.4 Å². The molecule has 340 valence electrons. The molecule has 0 aliphatic carbocycles. The van der Waals surface area contributed by atoms with Gasteiger partial charge in [0.2, 0.25) is 0 Å². The average Bonchev–Trinajstić information content (AvgIpc) is 3.36. The zero-order chi connectivity index (χ0) is 44.5. The fourth-order valence-corrected chi connectivity index (χ4v) is 8.05. The number of rotatable bonds is 22. The van der Waals surface area contributed by atoms with Gasteiger partial charge < -0.3 is 52.8 Å². The lowest BCUT2D eigenvalue weighted by Gasteiger charge is -2.46. The van der Waals surface area contributed by atoms with Crippen LogP contribution in [0.25, 0.3) is 0 Å². The smallest absolute Gasteiger partial charge is 0.186 e. The Morgan fingerprint density at radius 1 is 0.323 bits per heavy atom. The highest BCUT2D eigenvalue weighted by atomic mass is 16.7. The van der Waals surface area contributed by atoms with E-state index in [1.165, 1.54) is 0 Å². The molecule has 65 heavy (non-hydrogen) atoms. The zero-order valence-electron chi connectivity index (χ0n) is 36.3. The lowest BCUT2D eigenvalue weighted by Crippen LogP contribution is -2.63. The molecule has 0 bridgehead atoms. The summed E-state index contributed by atoms with van der Waals surface area (Å²) < 4.78 is 58.8. The highest BCUT2D eigenvalue weighted by molar-refractivity contribution is 5.18. The molecule has 0 saturated carbocycles. The molecule has 0 unspecified atom stereocenters. The number of hydrogen-bond acceptors (Lipinski definition) is 11. The fourth-order valence-electron chi connectivity index (χ4n) is 8.05. The molecule has 6 aromatic rings. The van der Waals surface area contributed by atoms with Crippen LogP contribution in [0.2, 0.25) is 0 Å². The van der Waals surface area contributed by atoms with Crippen molar-refractivity contribution < 1.29 is 52.8 Å². The summed E-state index contributed by atoms with van der Waals surface area (Å²) in [6, 6.07) is 58.8. The lowest BCUT2D eigenvalue weighted by molar-refractivity contribution is -0.344. The van der Waals surface area contributed by atoms with E-state index >= 15 is 0 Å². The Morgan fingerprint density at radius 2 is 0.646 bits per heavy atom. The van der Waals surface area contributed by atoms with Gasteiger partial charge in [0.1, 0.15) is 48.8 Å². The monoisotopic (exact) mass is 882 g/mol. The van der Waals surface area contributed by atoms with Crippen LogP contribution in [-0.2, 0) is 82.3 Å². The zero-order valence-corrected chi connectivity index (χ0v) is 36.3. The molecular formula is C54H58O11. The summed E-state index contributed by atoms with van der Waals surface area (Å²) >= 11 is 0. The summed E-state index contributed by atoms with van der Waals surface area (Å²) in [6.07, 6.45) is -9.77. The van der Waals surface area contributed by atoms with Crippen LogP contribution in [-0.4, -0.2) is 84.8 Å². The molecule has 11 heteroatoms. The summed E-state index contributed by atoms with van der Waals surface area (Å²) in [6.45, 7) is 1.39. The maximum Gasteiger partial charge on any atom is 0.186 e. The van der Waals surface area contributed by atoms with Gasteiger partial charge in [-0.15, -0.1) is 0 Å². The van der Waals surface area contributed by atoms with E-state index in [1.807, 2.05) is 182 Å². The quantitative estimate of drug-likeness (QED) is 0.0691. The van der Waals surface area contributed by atoms with Gasteiger partial charge in [-0.2, -0.15) is 0 Å². The van der Waals surface area contributed by atoms with Crippen LogP contribution in [0, 0.1) is 0 Å². The van der Waals surface area contributed by atoms with Crippen molar-refractivity contribution in [3.8, 4) is 0 Å². The van der Waals surface area contributed by atoms with Crippen molar-refractivity contribution in [2.75, 3.05) is 13.2 Å². The largest absolute Gasteiger partial charge is 0.385 e. The van der Waals surface area contributed by atoms with Gasteiger partial charge in [0.05, 0.1) is 52.9 Å². The van der Waals surface area contributed by atoms with E-state index in [1.54, 1.807) is 0 Å². The first-order valence-electron chi connectivity index (χ1n) is 22.3. The Hall–Kier alpha value is -5.12. The van der Waals surface area contributed by atoms with Crippen molar-refractivity contribution in [3.05, 3.63) is 215 Å². The topological polar surface area (TPSA) is 124 Å². The first-order chi connectivity index (χ1) is 32.1. The maximum absolute atomic E-state index is 12.2. The van der Waals surface area contributed by atoms with E-state index in [9.17, 15) is 10.2 Å². The predicted octanol–water partition coefficient (Wildman–Crippen LogP) is 7.95. The summed E-state index contributed by atoms with van der Waals surface area (Å²) in [4.78, 5) is 0. The van der Waals surface area contributed by atoms with Crippen molar-refractivity contribution >= 4 is 0 Å². The molecule has 2 fully saturated rings. The average molecular weight is 883 g/mol. The SMILES string of the molecule is O[C@@H]1[C@@H](OC[C@H]2O[C@H](O)[C@@H](OCc3ccccc3)[C@@H](OCc3ccccc3)[C@@H]2OCc2ccccc2)O[C@H](COCc2ccccc2)[C@@H](OCc2ccccc2)[C@@H]1OCc1ccccc1. The third-order valence-electron chi connectivity index (χ3n) is 11.5. The third-order valence-corrected chi connectivity index (χ3v) is 11.5. The Morgan fingerprint density at radius 3 is 1.06 bits per heavy atom. The second kappa shape index (κ2) is 24.4. The van der Waals surface area contributed by atoms with Gasteiger partial charge in [-0.25, -0.2) is 0 Å². The van der Waals surface area contributed by atoms with E-state index < -0.39 is 61.4 Å². The van der Waals surface area contributed by atoms with Crippen LogP contribution in [0.1, 0.15) is 33.4 Å². The molecule has 2 heterocycles. The van der Waals surface area contributed by atoms with Crippen LogP contribution in [0.5, 0.6) is 0 Å². The molecular weight excluding hydrogens is 825 g/mol. The molecule has 0 aromatic heterocycles. The molecule has 6 aromatic carbocycles. The van der Waals surface area contributed by atoms with E-state index in [0.29, 0.717) is 6.61 Å². The molecule has 0 spiro atoms. The Bertz CT molecular complexity index is 2210. The summed E-state index contributed by atoms with van der Waals surface area (Å²) in [5.41, 5.74) is 5.68. The predicted molar refractivity (Wildman–Crippen MR) is 243 cm³/mol. The minimum atomic E-state index is -1.42. The van der Waals surface area contributed by atoms with Gasteiger partial charge in [0, 0.05) is 0 Å². The lowest BCUT2D eigenvalue weighted by atomic mass is 9.97. The Balaban J connectivity index is 1.05. The first kappa shape index (κ1) is 46.4. The molecule has 2 saturated heterocycles. The van der Waals surface area contributed by atoms with Crippen LogP contribution >= 0.6 is 0 Å². The van der Waals surface area contributed by atoms with Gasteiger partial charge in [-0.3, -0.25) is 0 Å². The fraction of sp³-hybridized carbons (Fsp3) is 0.333. The van der Waals surface area contributed by atoms with Crippen LogP contribution in [0.3, 0.4) is 0 Å². The van der Waals surface area contributed by atoms with Gasteiger partial charge in [0.25, 0.3) is 0 Å². The Kier molecular flexibility index (Phi) is 17.4. The standard InChI is InChI=1S/C54H58O11/c55-47-50(60-34-42-25-13-4-14-26-42)48(58-32-40-21-9-2-10-22-40)45(37-57-31-39-19-7-1-8-20-39)65-54(47)63-38-46-49(59-33-41-23-11-3-12-24-41)51(61-35-43-27-15-5-16-28-43)52(53(56)64-46)62-36-44-29-17-6-18-30-44/h1-30,45-56H,31-38H2/t45-,46-,47+,48-,49-,50-,51+,52+,53+,54+/m1/s1. The number of ether oxygens (including phenoxy) is 9. The van der Waals surface area contributed by atoms with Crippen molar-refractivity contribution in [2.24, 2.45) is 0 Å². The van der Waals surface area contributed by atoms with Crippen molar-refractivity contribution in [2.45, 2.75) is 101 Å². The molecule has 2 N–H and O–H groups in total. The van der Waals surface area contributed by atoms with Crippen LogP contribution < -0.4 is 0 Å². The molecule has 8 rings (SSSR count). The first-order valence-corrected chi connectivity index (χ1v) is 22.3. The minimum absolute atomic E-state index is 0.114. The molecule has 2 aliphatic rings. The summed E-state index contributed by atoms with van der Waals surface area (Å²) in [5.74, 6) is 0. The second-order valence-corrected chi connectivity index (χ2v) is 16.2. The molecule has 0 amide bonds. The highest BCUT2D eigenvalue weighted by Crippen LogP contribution is 2.33. The molecule has 0 radical (unpaired) electrons. The van der Waals surface area contributed by atoms with Gasteiger partial charge >= 0.3 is 0 Å². The maximum atomic E-state index is 12.2. The summed E-state index contributed by atoms with van der Waals surface area (Å²) in [5, 5.41) is 24.0. The number of aliphatic hydroxyl groups excluding tert-OH is 2. The molecule has 10 atom stereocenters. The molecule has 2 aliphatic heterocycles. The van der Waals surface area contributed by atoms with E-state index in [2.05, 4.69) is 0 Å². The van der Waals surface area contributed by atoms with Crippen LogP contribution in [0.15, 0.2) is 182 Å². The Labute approximate surface area is 381 Å².